The quantitative estimate of drug-likeness (QED) is 0.334. The lowest BCUT2D eigenvalue weighted by atomic mass is 9.92. The number of benzene rings is 1. The van der Waals surface area contributed by atoms with Gasteiger partial charge in [0.1, 0.15) is 5.84 Å². The van der Waals surface area contributed by atoms with E-state index in [1.165, 1.54) is 5.56 Å². The maximum absolute atomic E-state index is 12.0. The van der Waals surface area contributed by atoms with Gasteiger partial charge in [0.05, 0.1) is 0 Å². The van der Waals surface area contributed by atoms with E-state index in [9.17, 15) is 4.79 Å². The second kappa shape index (κ2) is 6.41. The van der Waals surface area contributed by atoms with E-state index in [4.69, 9.17) is 10.9 Å². The molecule has 0 aliphatic carbocycles. The van der Waals surface area contributed by atoms with E-state index in [0.717, 1.165) is 0 Å². The van der Waals surface area contributed by atoms with Crippen LogP contribution in [0.3, 0.4) is 0 Å². The Balaban J connectivity index is 2.68. The van der Waals surface area contributed by atoms with Gasteiger partial charge >= 0.3 is 0 Å². The molecular weight excluding hydrogens is 254 g/mol. The number of nitrogens with one attached hydrogen (secondary N) is 1. The molecule has 4 N–H and O–H groups in total. The summed E-state index contributed by atoms with van der Waals surface area (Å²) in [6, 6.07) is 7.52. The summed E-state index contributed by atoms with van der Waals surface area (Å²) in [5, 5.41) is 14.5. The number of amides is 1. The largest absolute Gasteiger partial charge is 0.409 e. The molecule has 1 amide bonds. The normalized spacial score (nSPS) is 12.6. The van der Waals surface area contributed by atoms with Crippen LogP contribution in [0.5, 0.6) is 0 Å². The van der Waals surface area contributed by atoms with E-state index >= 15 is 0 Å². The average molecular weight is 277 g/mol. The molecule has 5 nitrogen and oxygen atoms in total. The summed E-state index contributed by atoms with van der Waals surface area (Å²) in [7, 11) is 0. The zero-order valence-electron chi connectivity index (χ0n) is 12.5. The Hall–Kier alpha value is -2.04. The van der Waals surface area contributed by atoms with Crippen molar-refractivity contribution < 1.29 is 10.0 Å². The molecule has 0 aliphatic heterocycles. The van der Waals surface area contributed by atoms with E-state index in [2.05, 4.69) is 24.3 Å². The summed E-state index contributed by atoms with van der Waals surface area (Å²) in [6.45, 7) is 8.10. The van der Waals surface area contributed by atoms with Crippen molar-refractivity contribution >= 4 is 11.7 Å². The Labute approximate surface area is 119 Å². The van der Waals surface area contributed by atoms with Crippen molar-refractivity contribution in [2.75, 3.05) is 6.54 Å². The van der Waals surface area contributed by atoms with Crippen molar-refractivity contribution in [3.8, 4) is 0 Å². The summed E-state index contributed by atoms with van der Waals surface area (Å²) in [6.07, 6.45) is 0. The molecule has 0 fully saturated rings. The molecule has 110 valence electrons. The van der Waals surface area contributed by atoms with Gasteiger partial charge in [-0.3, -0.25) is 4.79 Å². The molecule has 0 heterocycles. The van der Waals surface area contributed by atoms with Crippen molar-refractivity contribution in [3.63, 3.8) is 0 Å². The van der Waals surface area contributed by atoms with Gasteiger partial charge in [-0.25, -0.2) is 0 Å². The molecule has 0 bridgehead atoms. The first-order chi connectivity index (χ1) is 9.27. The van der Waals surface area contributed by atoms with Crippen LogP contribution in [-0.2, 0) is 0 Å². The predicted molar refractivity (Wildman–Crippen MR) is 80.1 cm³/mol. The third-order valence-corrected chi connectivity index (χ3v) is 3.33. The van der Waals surface area contributed by atoms with Gasteiger partial charge in [-0.2, -0.15) is 0 Å². The zero-order valence-corrected chi connectivity index (χ0v) is 12.5. The van der Waals surface area contributed by atoms with Gasteiger partial charge in [-0.05, 0) is 23.6 Å². The molecule has 0 atom stereocenters. The summed E-state index contributed by atoms with van der Waals surface area (Å²) in [5.74, 6) is 0.360. The predicted octanol–water partition coefficient (Wildman–Crippen LogP) is 2.31. The number of hydrogen-bond acceptors (Lipinski definition) is 3. The van der Waals surface area contributed by atoms with Gasteiger partial charge in [-0.15, -0.1) is 0 Å². The fraction of sp³-hybridized carbons (Fsp3) is 0.467. The molecule has 0 aromatic heterocycles. The maximum Gasteiger partial charge on any atom is 0.251 e. The minimum Gasteiger partial charge on any atom is -0.409 e. The van der Waals surface area contributed by atoms with Crippen LogP contribution >= 0.6 is 0 Å². The molecule has 20 heavy (non-hydrogen) atoms. The van der Waals surface area contributed by atoms with Crippen molar-refractivity contribution in [2.24, 2.45) is 16.3 Å². The van der Waals surface area contributed by atoms with E-state index in [-0.39, 0.29) is 11.7 Å². The summed E-state index contributed by atoms with van der Waals surface area (Å²) in [5.41, 5.74) is 6.78. The molecular formula is C15H23N3O2. The summed E-state index contributed by atoms with van der Waals surface area (Å²) < 4.78 is 0. The highest BCUT2D eigenvalue weighted by Crippen LogP contribution is 2.16. The van der Waals surface area contributed by atoms with Gasteiger partial charge < -0.3 is 16.3 Å². The highest BCUT2D eigenvalue weighted by Gasteiger charge is 2.24. The van der Waals surface area contributed by atoms with Crippen LogP contribution in [0.2, 0.25) is 0 Å². The minimum absolute atomic E-state index is 0.0907. The number of carbonyl (C=O) groups is 1. The minimum atomic E-state index is -0.595. The first kappa shape index (κ1) is 16.0. The van der Waals surface area contributed by atoms with E-state index in [0.29, 0.717) is 18.0 Å². The standard InChI is InChI=1S/C15H23N3O2/c1-10(2)11-5-7-12(8-6-11)13(19)17-9-15(3,4)14(16)18-20/h5-8,10,20H,9H2,1-4H3,(H2,16,18)(H,17,19). The molecule has 0 spiro atoms. The van der Waals surface area contributed by atoms with Gasteiger partial charge in [0, 0.05) is 17.5 Å². The highest BCUT2D eigenvalue weighted by molar-refractivity contribution is 5.95. The van der Waals surface area contributed by atoms with Crippen LogP contribution in [-0.4, -0.2) is 23.5 Å². The van der Waals surface area contributed by atoms with Crippen LogP contribution in [0.4, 0.5) is 0 Å². The van der Waals surface area contributed by atoms with Gasteiger partial charge in [0.25, 0.3) is 5.91 Å². The molecule has 0 saturated carbocycles. The Kier molecular flexibility index (Phi) is 5.13. The molecule has 1 aromatic rings. The Morgan fingerprint density at radius 3 is 2.35 bits per heavy atom. The summed E-state index contributed by atoms with van der Waals surface area (Å²) in [4.78, 5) is 12.0. The number of nitrogens with two attached hydrogens (primary N) is 1. The Bertz CT molecular complexity index is 490. The Morgan fingerprint density at radius 1 is 1.35 bits per heavy atom. The second-order valence-electron chi connectivity index (χ2n) is 5.83. The molecule has 0 saturated heterocycles. The molecule has 1 rings (SSSR count). The van der Waals surface area contributed by atoms with Crippen LogP contribution in [0, 0.1) is 5.41 Å². The van der Waals surface area contributed by atoms with E-state index in [1.54, 1.807) is 26.0 Å². The Morgan fingerprint density at radius 2 is 1.90 bits per heavy atom. The smallest absolute Gasteiger partial charge is 0.251 e. The number of oxime groups is 1. The number of rotatable bonds is 5. The molecule has 0 aliphatic rings. The highest BCUT2D eigenvalue weighted by atomic mass is 16.4. The number of nitrogens with zero attached hydrogens (tertiary/aromatic N) is 1. The maximum atomic E-state index is 12.0. The van der Waals surface area contributed by atoms with E-state index in [1.807, 2.05) is 12.1 Å². The van der Waals surface area contributed by atoms with E-state index < -0.39 is 5.41 Å². The SMILES string of the molecule is CC(C)c1ccc(C(=O)NCC(C)(C)/C(N)=N/O)cc1. The lowest BCUT2D eigenvalue weighted by Crippen LogP contribution is -2.42. The fourth-order valence-corrected chi connectivity index (χ4v) is 1.65. The lowest BCUT2D eigenvalue weighted by molar-refractivity contribution is 0.0944. The van der Waals surface area contributed by atoms with Crippen LogP contribution in [0.1, 0.15) is 49.5 Å². The van der Waals surface area contributed by atoms with Gasteiger partial charge in [0.15, 0.2) is 0 Å². The van der Waals surface area contributed by atoms with Crippen molar-refractivity contribution in [2.45, 2.75) is 33.6 Å². The average Bonchev–Trinajstić information content (AvgIpc) is 2.43. The first-order valence-corrected chi connectivity index (χ1v) is 6.64. The fourth-order valence-electron chi connectivity index (χ4n) is 1.65. The van der Waals surface area contributed by atoms with Crippen molar-refractivity contribution in [3.05, 3.63) is 35.4 Å². The second-order valence-corrected chi connectivity index (χ2v) is 5.83. The number of hydrogen-bond donors (Lipinski definition) is 3. The van der Waals surface area contributed by atoms with Crippen LogP contribution in [0.25, 0.3) is 0 Å². The van der Waals surface area contributed by atoms with Crippen LogP contribution < -0.4 is 11.1 Å². The molecule has 0 radical (unpaired) electrons. The van der Waals surface area contributed by atoms with Crippen LogP contribution in [0.15, 0.2) is 29.4 Å². The van der Waals surface area contributed by atoms with Gasteiger partial charge in [-0.1, -0.05) is 45.0 Å². The molecule has 5 heteroatoms. The molecule has 0 unspecified atom stereocenters. The van der Waals surface area contributed by atoms with Crippen molar-refractivity contribution in [1.29, 1.82) is 0 Å². The number of carbonyl (C=O) groups excluding carboxylic acids is 1. The molecule has 1 aromatic carbocycles. The summed E-state index contributed by atoms with van der Waals surface area (Å²) >= 11 is 0. The zero-order chi connectivity index (χ0) is 15.3. The number of amidine groups is 1. The lowest BCUT2D eigenvalue weighted by Gasteiger charge is -2.23. The monoisotopic (exact) mass is 277 g/mol. The topological polar surface area (TPSA) is 87.7 Å². The van der Waals surface area contributed by atoms with Crippen molar-refractivity contribution in [1.82, 2.24) is 5.32 Å². The third kappa shape index (κ3) is 3.98. The third-order valence-electron chi connectivity index (χ3n) is 3.33. The van der Waals surface area contributed by atoms with Gasteiger partial charge in [0.2, 0.25) is 0 Å². The first-order valence-electron chi connectivity index (χ1n) is 6.64.